The summed E-state index contributed by atoms with van der Waals surface area (Å²) in [6, 6.07) is 5.59. The molecule has 6 nitrogen and oxygen atoms in total. The van der Waals surface area contributed by atoms with Crippen LogP contribution in [0.15, 0.2) is 29.2 Å². The molecule has 1 amide bonds. The van der Waals surface area contributed by atoms with Gasteiger partial charge in [0.25, 0.3) is 5.91 Å². The largest absolute Gasteiger partial charge is 0.277 e. The van der Waals surface area contributed by atoms with Crippen LogP contribution in [0.2, 0.25) is 0 Å². The number of hydrogen-bond acceptors (Lipinski definition) is 4. The third-order valence-corrected chi connectivity index (χ3v) is 4.55. The summed E-state index contributed by atoms with van der Waals surface area (Å²) in [6.07, 6.45) is 0.703. The molecule has 0 aromatic heterocycles. The summed E-state index contributed by atoms with van der Waals surface area (Å²) < 4.78 is 26.6. The Morgan fingerprint density at radius 2 is 1.90 bits per heavy atom. The van der Waals surface area contributed by atoms with Crippen molar-refractivity contribution in [2.45, 2.75) is 31.2 Å². The summed E-state index contributed by atoms with van der Waals surface area (Å²) in [6.45, 7) is 3.69. The first-order chi connectivity index (χ1) is 9.31. The molecule has 20 heavy (non-hydrogen) atoms. The van der Waals surface area contributed by atoms with Crippen molar-refractivity contribution in [3.63, 3.8) is 0 Å². The fraction of sp³-hybridized carbons (Fsp3) is 0.462. The Kier molecular flexibility index (Phi) is 5.67. The van der Waals surface area contributed by atoms with E-state index in [0.717, 1.165) is 5.06 Å². The van der Waals surface area contributed by atoms with Gasteiger partial charge < -0.3 is 0 Å². The van der Waals surface area contributed by atoms with E-state index in [-0.39, 0.29) is 16.8 Å². The van der Waals surface area contributed by atoms with E-state index in [9.17, 15) is 13.2 Å². The van der Waals surface area contributed by atoms with Gasteiger partial charge in [0.1, 0.15) is 0 Å². The highest BCUT2D eigenvalue weighted by atomic mass is 32.2. The van der Waals surface area contributed by atoms with Crippen molar-refractivity contribution < 1.29 is 18.0 Å². The Bertz CT molecular complexity index is 554. The Balaban J connectivity index is 2.94. The molecule has 0 radical (unpaired) electrons. The Morgan fingerprint density at radius 1 is 1.35 bits per heavy atom. The highest BCUT2D eigenvalue weighted by Gasteiger charge is 2.18. The van der Waals surface area contributed by atoms with Crippen LogP contribution < -0.4 is 4.72 Å². The molecule has 0 fully saturated rings. The van der Waals surface area contributed by atoms with Gasteiger partial charge in [0.05, 0.1) is 12.0 Å². The molecule has 0 aliphatic carbocycles. The highest BCUT2D eigenvalue weighted by molar-refractivity contribution is 7.89. The minimum absolute atomic E-state index is 0.134. The Morgan fingerprint density at radius 3 is 2.35 bits per heavy atom. The Labute approximate surface area is 119 Å². The van der Waals surface area contributed by atoms with E-state index in [0.29, 0.717) is 12.0 Å². The van der Waals surface area contributed by atoms with E-state index < -0.39 is 10.0 Å². The van der Waals surface area contributed by atoms with Crippen molar-refractivity contribution in [3.05, 3.63) is 29.8 Å². The van der Waals surface area contributed by atoms with Crippen LogP contribution in [0.4, 0.5) is 0 Å². The minimum atomic E-state index is -3.55. The molecule has 0 bridgehead atoms. The number of nitrogens with one attached hydrogen (secondary N) is 1. The van der Waals surface area contributed by atoms with E-state index in [1.807, 2.05) is 6.92 Å². The summed E-state index contributed by atoms with van der Waals surface area (Å²) in [5.41, 5.74) is 0.358. The summed E-state index contributed by atoms with van der Waals surface area (Å²) in [5, 5.41) is 1.07. The Hall–Kier alpha value is -1.44. The van der Waals surface area contributed by atoms with Crippen molar-refractivity contribution in [2.24, 2.45) is 0 Å². The van der Waals surface area contributed by atoms with E-state index in [4.69, 9.17) is 4.84 Å². The maximum Gasteiger partial charge on any atom is 0.277 e. The molecule has 1 aromatic carbocycles. The first-order valence-corrected chi connectivity index (χ1v) is 7.74. The summed E-state index contributed by atoms with van der Waals surface area (Å²) in [5.74, 6) is -0.341. The van der Waals surface area contributed by atoms with Gasteiger partial charge in [0.15, 0.2) is 0 Å². The zero-order valence-electron chi connectivity index (χ0n) is 12.1. The second kappa shape index (κ2) is 6.83. The standard InChI is InChI=1S/C13H20N2O4S/c1-5-10(2)14-20(17,18)12-8-6-11(7-9-12)13(16)15(3)19-4/h6-10,14H,5H2,1-4H3. The summed E-state index contributed by atoms with van der Waals surface area (Å²) in [7, 11) is -0.681. The average Bonchev–Trinajstić information content (AvgIpc) is 2.45. The molecule has 1 rings (SSSR count). The summed E-state index contributed by atoms with van der Waals surface area (Å²) in [4.78, 5) is 16.7. The maximum absolute atomic E-state index is 12.0. The van der Waals surface area contributed by atoms with Gasteiger partial charge >= 0.3 is 0 Å². The number of sulfonamides is 1. The molecule has 1 aromatic rings. The van der Waals surface area contributed by atoms with E-state index in [2.05, 4.69) is 4.72 Å². The van der Waals surface area contributed by atoms with Crippen LogP contribution in [-0.4, -0.2) is 39.6 Å². The number of nitrogens with zero attached hydrogens (tertiary/aromatic N) is 1. The molecular weight excluding hydrogens is 280 g/mol. The fourth-order valence-corrected chi connectivity index (χ4v) is 2.78. The van der Waals surface area contributed by atoms with Crippen molar-refractivity contribution in [3.8, 4) is 0 Å². The molecule has 112 valence electrons. The quantitative estimate of drug-likeness (QED) is 0.806. The van der Waals surface area contributed by atoms with E-state index >= 15 is 0 Å². The molecule has 7 heteroatoms. The number of carbonyl (C=O) groups excluding carboxylic acids is 1. The smallest absolute Gasteiger partial charge is 0.274 e. The van der Waals surface area contributed by atoms with Crippen LogP contribution in [0.1, 0.15) is 30.6 Å². The third-order valence-electron chi connectivity index (χ3n) is 2.94. The molecule has 0 saturated heterocycles. The molecule has 0 aliphatic rings. The molecular formula is C13H20N2O4S. The molecule has 1 atom stereocenters. The lowest BCUT2D eigenvalue weighted by Gasteiger charge is -2.14. The van der Waals surface area contributed by atoms with Crippen LogP contribution in [0.25, 0.3) is 0 Å². The zero-order chi connectivity index (χ0) is 15.3. The van der Waals surface area contributed by atoms with Gasteiger partial charge in [0.2, 0.25) is 10.0 Å². The number of hydroxylamine groups is 2. The molecule has 1 N–H and O–H groups in total. The predicted octanol–water partition coefficient (Wildman–Crippen LogP) is 1.40. The lowest BCUT2D eigenvalue weighted by atomic mass is 10.2. The van der Waals surface area contributed by atoms with Crippen molar-refractivity contribution in [2.75, 3.05) is 14.2 Å². The number of carbonyl (C=O) groups is 1. The van der Waals surface area contributed by atoms with Crippen LogP contribution in [-0.2, 0) is 14.9 Å². The summed E-state index contributed by atoms with van der Waals surface area (Å²) >= 11 is 0. The van der Waals surface area contributed by atoms with Crippen LogP contribution in [0.5, 0.6) is 0 Å². The van der Waals surface area contributed by atoms with Crippen molar-refractivity contribution in [1.29, 1.82) is 0 Å². The molecule has 1 unspecified atom stereocenters. The SMILES string of the molecule is CCC(C)NS(=O)(=O)c1ccc(C(=O)N(C)OC)cc1. The number of rotatable bonds is 6. The highest BCUT2D eigenvalue weighted by Crippen LogP contribution is 2.13. The van der Waals surface area contributed by atoms with Gasteiger partial charge in [0, 0.05) is 18.7 Å². The van der Waals surface area contributed by atoms with Gasteiger partial charge in [-0.15, -0.1) is 0 Å². The maximum atomic E-state index is 12.0. The lowest BCUT2D eigenvalue weighted by Crippen LogP contribution is -2.32. The molecule has 0 saturated carbocycles. The first-order valence-electron chi connectivity index (χ1n) is 6.26. The van der Waals surface area contributed by atoms with E-state index in [1.54, 1.807) is 6.92 Å². The minimum Gasteiger partial charge on any atom is -0.274 e. The average molecular weight is 300 g/mol. The number of benzene rings is 1. The molecule has 0 spiro atoms. The topological polar surface area (TPSA) is 75.7 Å². The normalized spacial score (nSPS) is 13.0. The number of hydrogen-bond donors (Lipinski definition) is 1. The first kappa shape index (κ1) is 16.6. The monoisotopic (exact) mass is 300 g/mol. The van der Waals surface area contributed by atoms with Crippen molar-refractivity contribution in [1.82, 2.24) is 9.79 Å². The molecule has 0 aliphatic heterocycles. The van der Waals surface area contributed by atoms with Gasteiger partial charge in [-0.2, -0.15) is 0 Å². The van der Waals surface area contributed by atoms with Crippen LogP contribution >= 0.6 is 0 Å². The third kappa shape index (κ3) is 4.03. The zero-order valence-corrected chi connectivity index (χ0v) is 12.9. The van der Waals surface area contributed by atoms with Crippen LogP contribution in [0, 0.1) is 0 Å². The number of amides is 1. The second-order valence-corrected chi connectivity index (χ2v) is 6.15. The lowest BCUT2D eigenvalue weighted by molar-refractivity contribution is -0.0757. The van der Waals surface area contributed by atoms with Gasteiger partial charge in [-0.1, -0.05) is 6.92 Å². The fourth-order valence-electron chi connectivity index (χ4n) is 1.46. The van der Waals surface area contributed by atoms with Gasteiger partial charge in [-0.25, -0.2) is 18.2 Å². The van der Waals surface area contributed by atoms with E-state index in [1.165, 1.54) is 38.4 Å². The van der Waals surface area contributed by atoms with Crippen LogP contribution in [0.3, 0.4) is 0 Å². The van der Waals surface area contributed by atoms with Gasteiger partial charge in [-0.3, -0.25) is 9.63 Å². The molecule has 0 heterocycles. The van der Waals surface area contributed by atoms with Gasteiger partial charge in [-0.05, 0) is 37.6 Å². The predicted molar refractivity (Wildman–Crippen MR) is 75.6 cm³/mol. The van der Waals surface area contributed by atoms with Crippen molar-refractivity contribution >= 4 is 15.9 Å². The second-order valence-electron chi connectivity index (χ2n) is 4.44.